The van der Waals surface area contributed by atoms with Crippen LogP contribution in [0.25, 0.3) is 6.08 Å². The van der Waals surface area contributed by atoms with Crippen LogP contribution in [0.2, 0.25) is 0 Å². The molecule has 1 aliphatic carbocycles. The summed E-state index contributed by atoms with van der Waals surface area (Å²) in [5, 5.41) is 0. The molecule has 0 atom stereocenters. The number of allylic oxidation sites excluding steroid dienone is 6. The fourth-order valence-corrected chi connectivity index (χ4v) is 5.77. The van der Waals surface area contributed by atoms with E-state index in [1.165, 1.54) is 16.9 Å². The first-order chi connectivity index (χ1) is 19.5. The van der Waals surface area contributed by atoms with Crippen molar-refractivity contribution in [1.29, 1.82) is 0 Å². The first kappa shape index (κ1) is 26.8. The lowest BCUT2D eigenvalue weighted by molar-refractivity contribution is 0.0987. The van der Waals surface area contributed by atoms with Gasteiger partial charge < -0.3 is 9.64 Å². The molecule has 2 heterocycles. The van der Waals surface area contributed by atoms with Crippen LogP contribution in [0.1, 0.15) is 72.9 Å². The third-order valence-electron chi connectivity index (χ3n) is 8.22. The molecule has 2 aliphatic heterocycles. The summed E-state index contributed by atoms with van der Waals surface area (Å²) < 4.78 is 6.31. The fourth-order valence-electron chi connectivity index (χ4n) is 5.77. The Morgan fingerprint density at radius 2 is 1.49 bits per heavy atom. The maximum absolute atomic E-state index is 13.3. The molecule has 0 bridgehead atoms. The average Bonchev–Trinajstić information content (AvgIpc) is 3.21. The van der Waals surface area contributed by atoms with E-state index in [-0.39, 0.29) is 28.0 Å². The van der Waals surface area contributed by atoms with Gasteiger partial charge in [0.25, 0.3) is 0 Å². The summed E-state index contributed by atoms with van der Waals surface area (Å²) in [6, 6.07) is 24.2. The monoisotopic (exact) mass is 541 g/mol. The number of hydrogen-bond acceptors (Lipinski definition) is 4. The smallest absolute Gasteiger partial charge is 0.198 e. The number of ketones is 2. The van der Waals surface area contributed by atoms with E-state index in [4.69, 9.17) is 4.74 Å². The Labute approximate surface area is 242 Å². The lowest BCUT2D eigenvalue weighted by atomic mass is 9.77. The van der Waals surface area contributed by atoms with Gasteiger partial charge in [-0.1, -0.05) is 89.2 Å². The molecule has 0 spiro atoms. The molecule has 0 unspecified atom stereocenters. The fraction of sp³-hybridized carbons (Fsp3) is 0.243. The Balaban J connectivity index is 1.37. The van der Waals surface area contributed by atoms with Crippen LogP contribution in [0.5, 0.6) is 0 Å². The summed E-state index contributed by atoms with van der Waals surface area (Å²) in [6.45, 7) is 11.8. The minimum absolute atomic E-state index is 0.0446. The van der Waals surface area contributed by atoms with Gasteiger partial charge in [0.05, 0.1) is 5.57 Å². The maximum atomic E-state index is 13.3. The molecule has 4 nitrogen and oxygen atoms in total. The molecule has 3 aromatic carbocycles. The number of fused-ring (bicyclic) bond motifs is 2. The van der Waals surface area contributed by atoms with Crippen molar-refractivity contribution >= 4 is 29.0 Å². The average molecular weight is 542 g/mol. The quantitative estimate of drug-likeness (QED) is 0.246. The molecule has 6 rings (SSSR count). The molecule has 0 N–H and O–H groups in total. The second-order valence-corrected chi connectivity index (χ2v) is 12.7. The number of benzene rings is 3. The van der Waals surface area contributed by atoms with Gasteiger partial charge in [0, 0.05) is 34.5 Å². The number of carbonyl (C=O) groups excluding carboxylic acids is 2. The number of carbonyl (C=O) groups is 2. The highest BCUT2D eigenvalue weighted by Gasteiger charge is 2.36. The Kier molecular flexibility index (Phi) is 6.45. The van der Waals surface area contributed by atoms with Crippen LogP contribution in [0, 0.1) is 5.41 Å². The van der Waals surface area contributed by atoms with Gasteiger partial charge in [-0.15, -0.1) is 0 Å². The predicted octanol–water partition coefficient (Wildman–Crippen LogP) is 8.74. The van der Waals surface area contributed by atoms with E-state index < -0.39 is 0 Å². The van der Waals surface area contributed by atoms with E-state index >= 15 is 0 Å². The largest absolute Gasteiger partial charge is 0.461 e. The number of hydrogen-bond donors (Lipinski definition) is 0. The minimum atomic E-state index is -0.312. The normalized spacial score (nSPS) is 18.2. The Morgan fingerprint density at radius 1 is 0.829 bits per heavy atom. The summed E-state index contributed by atoms with van der Waals surface area (Å²) >= 11 is 0. The van der Waals surface area contributed by atoms with Crippen molar-refractivity contribution in [1.82, 2.24) is 0 Å². The van der Waals surface area contributed by atoms with Crippen molar-refractivity contribution in [2.45, 2.75) is 46.5 Å². The molecular formula is C37H35NO3. The highest BCUT2D eigenvalue weighted by atomic mass is 16.5. The number of rotatable bonds is 3. The standard InChI is InChI=1S/C37H35NO3/c1-36(2,3)32-23-25(33-34(39)28-13-9-10-14-29(28)35(33)40)22-27(41-32)17-15-24-16-18-31-30(21-24)37(4,5)19-20-38(31)26-11-7-6-8-12-26/h6-18,21-23H,19-20H2,1-5H3. The van der Waals surface area contributed by atoms with E-state index in [0.717, 1.165) is 18.5 Å². The van der Waals surface area contributed by atoms with E-state index in [0.29, 0.717) is 28.2 Å². The molecule has 0 radical (unpaired) electrons. The number of ether oxygens (including phenoxy) is 1. The predicted molar refractivity (Wildman–Crippen MR) is 165 cm³/mol. The molecule has 0 saturated heterocycles. The van der Waals surface area contributed by atoms with E-state index in [1.54, 1.807) is 24.3 Å². The van der Waals surface area contributed by atoms with Crippen LogP contribution in [-0.2, 0) is 10.2 Å². The summed E-state index contributed by atoms with van der Waals surface area (Å²) in [5.74, 6) is 0.848. The van der Waals surface area contributed by atoms with Gasteiger partial charge in [-0.05, 0) is 71.0 Å². The Hall–Kier alpha value is -4.44. The maximum Gasteiger partial charge on any atom is 0.198 e. The zero-order valence-corrected chi connectivity index (χ0v) is 24.3. The van der Waals surface area contributed by atoms with E-state index in [1.807, 2.05) is 30.4 Å². The molecule has 41 heavy (non-hydrogen) atoms. The molecule has 0 aromatic heterocycles. The minimum Gasteiger partial charge on any atom is -0.461 e. The molecule has 4 heteroatoms. The topological polar surface area (TPSA) is 46.6 Å². The van der Waals surface area contributed by atoms with Gasteiger partial charge in [-0.25, -0.2) is 0 Å². The first-order valence-electron chi connectivity index (χ1n) is 14.2. The lowest BCUT2D eigenvalue weighted by Crippen LogP contribution is -2.34. The highest BCUT2D eigenvalue weighted by Crippen LogP contribution is 2.43. The van der Waals surface area contributed by atoms with Crippen LogP contribution in [-0.4, -0.2) is 18.1 Å². The van der Waals surface area contributed by atoms with Crippen LogP contribution in [0.3, 0.4) is 0 Å². The van der Waals surface area contributed by atoms with Gasteiger partial charge in [0.1, 0.15) is 11.5 Å². The molecule has 0 saturated carbocycles. The SMILES string of the molecule is CC(C)(C)C1=CC(=C2C(=O)c3ccccc3C2=O)C=C(C=Cc2ccc3c(c2)C(C)(C)CCN3c2ccccc2)O1. The Morgan fingerprint density at radius 3 is 2.15 bits per heavy atom. The van der Waals surface area contributed by atoms with Gasteiger partial charge in [0.2, 0.25) is 0 Å². The Bertz CT molecular complexity index is 1660. The highest BCUT2D eigenvalue weighted by molar-refractivity contribution is 6.40. The summed E-state index contributed by atoms with van der Waals surface area (Å²) in [6.07, 6.45) is 8.68. The van der Waals surface area contributed by atoms with Crippen molar-refractivity contribution in [3.63, 3.8) is 0 Å². The number of para-hydroxylation sites is 1. The summed E-state index contributed by atoms with van der Waals surface area (Å²) in [4.78, 5) is 28.9. The molecule has 0 fully saturated rings. The van der Waals surface area contributed by atoms with Gasteiger partial charge in [-0.3, -0.25) is 9.59 Å². The van der Waals surface area contributed by atoms with E-state index in [9.17, 15) is 9.59 Å². The van der Waals surface area contributed by atoms with Crippen molar-refractivity contribution in [2.75, 3.05) is 11.4 Å². The van der Waals surface area contributed by atoms with Crippen LogP contribution in [0.4, 0.5) is 11.4 Å². The first-order valence-corrected chi connectivity index (χ1v) is 14.2. The van der Waals surface area contributed by atoms with Crippen LogP contribution in [0.15, 0.2) is 114 Å². The number of nitrogens with zero attached hydrogens (tertiary/aromatic N) is 1. The summed E-state index contributed by atoms with van der Waals surface area (Å²) in [5.41, 5.74) is 6.28. The zero-order valence-electron chi connectivity index (χ0n) is 24.3. The third kappa shape index (κ3) is 4.88. The lowest BCUT2D eigenvalue weighted by Gasteiger charge is -2.40. The van der Waals surface area contributed by atoms with Crippen molar-refractivity contribution in [3.05, 3.63) is 136 Å². The van der Waals surface area contributed by atoms with Gasteiger partial charge >= 0.3 is 0 Å². The van der Waals surface area contributed by atoms with Crippen LogP contribution >= 0.6 is 0 Å². The van der Waals surface area contributed by atoms with Gasteiger partial charge in [-0.2, -0.15) is 0 Å². The second kappa shape index (κ2) is 9.88. The van der Waals surface area contributed by atoms with E-state index in [2.05, 4.69) is 82.0 Å². The summed E-state index contributed by atoms with van der Waals surface area (Å²) in [7, 11) is 0. The zero-order chi connectivity index (χ0) is 28.9. The van der Waals surface area contributed by atoms with Gasteiger partial charge in [0.15, 0.2) is 11.6 Å². The third-order valence-corrected chi connectivity index (χ3v) is 8.22. The van der Waals surface area contributed by atoms with Crippen LogP contribution < -0.4 is 4.90 Å². The van der Waals surface area contributed by atoms with Crippen molar-refractivity contribution in [2.24, 2.45) is 5.41 Å². The molecule has 0 amide bonds. The number of Topliss-reactive ketones (excluding diaryl/α,β-unsaturated/α-hetero) is 2. The molecule has 206 valence electrons. The number of anilines is 2. The second-order valence-electron chi connectivity index (χ2n) is 12.7. The molecule has 3 aromatic rings. The molecular weight excluding hydrogens is 506 g/mol. The van der Waals surface area contributed by atoms with Crippen molar-refractivity contribution < 1.29 is 14.3 Å². The molecule has 3 aliphatic rings. The van der Waals surface area contributed by atoms with Crippen molar-refractivity contribution in [3.8, 4) is 0 Å².